The van der Waals surface area contributed by atoms with Crippen molar-refractivity contribution in [2.45, 2.75) is 4.90 Å². The third-order valence-electron chi connectivity index (χ3n) is 2.17. The van der Waals surface area contributed by atoms with Crippen LogP contribution in [0.25, 0.3) is 0 Å². The van der Waals surface area contributed by atoms with E-state index in [0.717, 1.165) is 0 Å². The Balaban J connectivity index is 2.45. The van der Waals surface area contributed by atoms with E-state index in [4.69, 9.17) is 0 Å². The van der Waals surface area contributed by atoms with Crippen molar-refractivity contribution in [1.82, 2.24) is 9.97 Å². The van der Waals surface area contributed by atoms with E-state index in [-0.39, 0.29) is 5.56 Å². The molecule has 2 aromatic rings. The maximum atomic E-state index is 11.4. The summed E-state index contributed by atoms with van der Waals surface area (Å²) in [6, 6.07) is 7.01. The van der Waals surface area contributed by atoms with Crippen LogP contribution in [0.2, 0.25) is 0 Å². The second kappa shape index (κ2) is 4.92. The molecule has 0 radical (unpaired) electrons. The first-order valence-electron chi connectivity index (χ1n) is 4.95. The highest BCUT2D eigenvalue weighted by Gasteiger charge is 2.05. The molecule has 0 aliphatic carbocycles. The number of hydrogen-bond acceptors (Lipinski definition) is 5. The molecule has 6 nitrogen and oxygen atoms in total. The third-order valence-corrected chi connectivity index (χ3v) is 2.55. The lowest BCUT2D eigenvalue weighted by atomic mass is 10.3. The summed E-state index contributed by atoms with van der Waals surface area (Å²) in [6.07, 6.45) is 1.17. The van der Waals surface area contributed by atoms with Gasteiger partial charge in [-0.05, 0) is 12.1 Å². The van der Waals surface area contributed by atoms with Crippen molar-refractivity contribution in [1.29, 1.82) is 0 Å². The number of para-hydroxylation sites is 1. The second-order valence-corrected chi connectivity index (χ2v) is 3.90. The number of nitrogens with zero attached hydrogens (tertiary/aromatic N) is 1. The minimum Gasteiger partial charge on any atom is -0.494 e. The van der Waals surface area contributed by atoms with Crippen molar-refractivity contribution in [2.24, 2.45) is 4.99 Å². The summed E-state index contributed by atoms with van der Waals surface area (Å²) in [5, 5.41) is 9.43. The largest absolute Gasteiger partial charge is 0.494 e. The van der Waals surface area contributed by atoms with Crippen LogP contribution in [-0.2, 0) is 0 Å². The number of nitrogens with one attached hydrogen (secondary N) is 2. The SMILES string of the molecule is O=c1[nH]c(O)c(C=Nc2ccccc2S)c(=O)[nH]1. The van der Waals surface area contributed by atoms with Crippen molar-refractivity contribution in [3.63, 3.8) is 0 Å². The Morgan fingerprint density at radius 2 is 1.94 bits per heavy atom. The van der Waals surface area contributed by atoms with Crippen LogP contribution in [0.15, 0.2) is 43.7 Å². The van der Waals surface area contributed by atoms with E-state index < -0.39 is 17.1 Å². The Morgan fingerprint density at radius 1 is 1.22 bits per heavy atom. The molecule has 0 saturated carbocycles. The van der Waals surface area contributed by atoms with Gasteiger partial charge in [-0.1, -0.05) is 12.1 Å². The summed E-state index contributed by atoms with van der Waals surface area (Å²) in [5.74, 6) is -0.524. The molecule has 18 heavy (non-hydrogen) atoms. The Labute approximate surface area is 106 Å². The standard InChI is InChI=1S/C11H9N3O3S/c15-9-6(10(16)14-11(17)13-9)5-12-7-3-1-2-4-8(7)18/h1-5,18H,(H3,13,14,15,16,17). The average molecular weight is 263 g/mol. The first-order chi connectivity index (χ1) is 8.58. The van der Waals surface area contributed by atoms with Gasteiger partial charge in [-0.3, -0.25) is 19.8 Å². The zero-order valence-electron chi connectivity index (χ0n) is 9.04. The molecule has 1 heterocycles. The first-order valence-corrected chi connectivity index (χ1v) is 5.40. The van der Waals surface area contributed by atoms with E-state index in [9.17, 15) is 14.7 Å². The van der Waals surface area contributed by atoms with Crippen LogP contribution in [0.5, 0.6) is 5.88 Å². The van der Waals surface area contributed by atoms with Crippen molar-refractivity contribution < 1.29 is 5.11 Å². The Kier molecular flexibility index (Phi) is 3.33. The van der Waals surface area contributed by atoms with Crippen LogP contribution < -0.4 is 11.2 Å². The number of thiol groups is 1. The van der Waals surface area contributed by atoms with Crippen LogP contribution in [0.4, 0.5) is 5.69 Å². The van der Waals surface area contributed by atoms with Crippen molar-refractivity contribution in [3.05, 3.63) is 50.7 Å². The molecule has 0 fully saturated rings. The minimum atomic E-state index is -0.774. The molecule has 2 rings (SSSR count). The fraction of sp³-hybridized carbons (Fsp3) is 0. The number of hydrogen-bond donors (Lipinski definition) is 4. The van der Waals surface area contributed by atoms with Gasteiger partial charge in [0.05, 0.1) is 5.69 Å². The number of aromatic nitrogens is 2. The molecule has 0 saturated heterocycles. The van der Waals surface area contributed by atoms with Gasteiger partial charge >= 0.3 is 5.69 Å². The minimum absolute atomic E-state index is 0.119. The predicted octanol–water partition coefficient (Wildman–Crippen LogP) is 0.808. The fourth-order valence-corrected chi connectivity index (χ4v) is 1.53. The van der Waals surface area contributed by atoms with Crippen LogP contribution in [0.1, 0.15) is 5.56 Å². The van der Waals surface area contributed by atoms with Gasteiger partial charge in [0, 0.05) is 11.1 Å². The smallest absolute Gasteiger partial charge is 0.328 e. The molecule has 7 heteroatoms. The summed E-state index contributed by atoms with van der Waals surface area (Å²) in [7, 11) is 0. The van der Waals surface area contributed by atoms with E-state index in [1.807, 2.05) is 4.98 Å². The normalized spacial score (nSPS) is 10.9. The van der Waals surface area contributed by atoms with E-state index in [0.29, 0.717) is 10.6 Å². The van der Waals surface area contributed by atoms with Gasteiger partial charge in [-0.2, -0.15) is 0 Å². The lowest BCUT2D eigenvalue weighted by Gasteiger charge is -1.98. The predicted molar refractivity (Wildman–Crippen MR) is 70.3 cm³/mol. The Bertz CT molecular complexity index is 718. The molecule has 0 amide bonds. The molecule has 0 bridgehead atoms. The lowest BCUT2D eigenvalue weighted by molar-refractivity contribution is 0.447. The van der Waals surface area contributed by atoms with Gasteiger partial charge in [-0.25, -0.2) is 4.79 Å². The summed E-state index contributed by atoms with van der Waals surface area (Å²) in [5.41, 5.74) is -1.06. The molecule has 0 spiro atoms. The molecule has 0 aliphatic rings. The molecule has 3 N–H and O–H groups in total. The number of aromatic amines is 2. The zero-order valence-corrected chi connectivity index (χ0v) is 9.94. The van der Waals surface area contributed by atoms with Gasteiger partial charge < -0.3 is 5.11 Å². The van der Waals surface area contributed by atoms with E-state index in [1.54, 1.807) is 24.3 Å². The van der Waals surface area contributed by atoms with Crippen molar-refractivity contribution in [2.75, 3.05) is 0 Å². The molecular formula is C11H9N3O3S. The first kappa shape index (κ1) is 12.2. The topological polar surface area (TPSA) is 98.3 Å². The van der Waals surface area contributed by atoms with Crippen LogP contribution in [0.3, 0.4) is 0 Å². The molecule has 0 unspecified atom stereocenters. The number of aliphatic imine (C=N–C) groups is 1. The Morgan fingerprint density at radius 3 is 2.61 bits per heavy atom. The highest BCUT2D eigenvalue weighted by atomic mass is 32.1. The molecule has 0 aliphatic heterocycles. The number of H-pyrrole nitrogens is 2. The highest BCUT2D eigenvalue weighted by molar-refractivity contribution is 7.80. The molecule has 0 atom stereocenters. The maximum Gasteiger partial charge on any atom is 0.328 e. The summed E-state index contributed by atoms with van der Waals surface area (Å²) >= 11 is 4.19. The van der Waals surface area contributed by atoms with E-state index in [1.165, 1.54) is 6.21 Å². The van der Waals surface area contributed by atoms with Crippen molar-refractivity contribution >= 4 is 24.5 Å². The van der Waals surface area contributed by atoms with Gasteiger partial charge in [0.1, 0.15) is 5.56 Å². The Hall–Kier alpha value is -2.28. The summed E-state index contributed by atoms with van der Waals surface area (Å²) < 4.78 is 0. The number of rotatable bonds is 2. The summed E-state index contributed by atoms with van der Waals surface area (Å²) in [6.45, 7) is 0. The van der Waals surface area contributed by atoms with Gasteiger partial charge in [0.2, 0.25) is 5.88 Å². The quantitative estimate of drug-likeness (QED) is 0.476. The molecule has 1 aromatic carbocycles. The number of aromatic hydroxyl groups is 1. The van der Waals surface area contributed by atoms with Crippen LogP contribution in [0, 0.1) is 0 Å². The van der Waals surface area contributed by atoms with Gasteiger partial charge in [0.15, 0.2) is 0 Å². The van der Waals surface area contributed by atoms with Crippen LogP contribution >= 0.6 is 12.6 Å². The molecule has 92 valence electrons. The van der Waals surface area contributed by atoms with Crippen molar-refractivity contribution in [3.8, 4) is 5.88 Å². The highest BCUT2D eigenvalue weighted by Crippen LogP contribution is 2.21. The average Bonchev–Trinajstić information content (AvgIpc) is 2.30. The van der Waals surface area contributed by atoms with Crippen LogP contribution in [-0.4, -0.2) is 21.3 Å². The van der Waals surface area contributed by atoms with E-state index in [2.05, 4.69) is 22.6 Å². The summed E-state index contributed by atoms with van der Waals surface area (Å²) in [4.78, 5) is 31.0. The number of benzene rings is 1. The monoisotopic (exact) mass is 263 g/mol. The fourth-order valence-electron chi connectivity index (χ4n) is 1.31. The van der Waals surface area contributed by atoms with Gasteiger partial charge in [-0.15, -0.1) is 12.6 Å². The molecular weight excluding hydrogens is 254 g/mol. The zero-order chi connectivity index (χ0) is 13.1. The lowest BCUT2D eigenvalue weighted by Crippen LogP contribution is -2.24. The second-order valence-electron chi connectivity index (χ2n) is 3.42. The molecule has 1 aromatic heterocycles. The van der Waals surface area contributed by atoms with E-state index >= 15 is 0 Å². The third kappa shape index (κ3) is 2.51. The van der Waals surface area contributed by atoms with Gasteiger partial charge in [0.25, 0.3) is 5.56 Å². The maximum absolute atomic E-state index is 11.4.